The van der Waals surface area contributed by atoms with E-state index in [0.29, 0.717) is 22.2 Å². The first-order valence-electron chi connectivity index (χ1n) is 8.32. The SMILES string of the molecule is COc1ccc(N2C(N)=c3ccoc3=NC2c2cccc(C(N)=O)c2)cc1. The molecule has 7 nitrogen and oxygen atoms in total. The minimum atomic E-state index is -0.503. The quantitative estimate of drug-likeness (QED) is 0.726. The van der Waals surface area contributed by atoms with Crippen molar-refractivity contribution in [1.29, 1.82) is 0 Å². The Labute approximate surface area is 155 Å². The van der Waals surface area contributed by atoms with Gasteiger partial charge < -0.3 is 25.5 Å². The predicted molar refractivity (Wildman–Crippen MR) is 100 cm³/mol. The van der Waals surface area contributed by atoms with Crippen LogP contribution in [0.1, 0.15) is 22.1 Å². The lowest BCUT2D eigenvalue weighted by atomic mass is 10.1. The molecule has 136 valence electrons. The molecule has 0 saturated heterocycles. The summed E-state index contributed by atoms with van der Waals surface area (Å²) in [6.45, 7) is 0. The van der Waals surface area contributed by atoms with E-state index in [4.69, 9.17) is 25.6 Å². The molecule has 3 aromatic rings. The summed E-state index contributed by atoms with van der Waals surface area (Å²) in [4.78, 5) is 18.2. The summed E-state index contributed by atoms with van der Waals surface area (Å²) in [6, 6.07) is 16.3. The third-order valence-electron chi connectivity index (χ3n) is 4.48. The van der Waals surface area contributed by atoms with E-state index < -0.39 is 12.1 Å². The van der Waals surface area contributed by atoms with Gasteiger partial charge in [-0.05, 0) is 48.0 Å². The van der Waals surface area contributed by atoms with Gasteiger partial charge >= 0.3 is 0 Å². The van der Waals surface area contributed by atoms with Crippen LogP contribution in [0, 0.1) is 0 Å². The Bertz CT molecular complexity index is 1120. The molecule has 2 heterocycles. The molecule has 27 heavy (non-hydrogen) atoms. The third kappa shape index (κ3) is 2.89. The van der Waals surface area contributed by atoms with E-state index in [2.05, 4.69) is 0 Å². The molecule has 0 saturated carbocycles. The number of carbonyl (C=O) groups excluding carboxylic acids is 1. The third-order valence-corrected chi connectivity index (χ3v) is 4.48. The van der Waals surface area contributed by atoms with Crippen molar-refractivity contribution in [2.75, 3.05) is 12.0 Å². The highest BCUT2D eigenvalue weighted by atomic mass is 16.5. The summed E-state index contributed by atoms with van der Waals surface area (Å²) in [7, 11) is 1.61. The van der Waals surface area contributed by atoms with Crippen molar-refractivity contribution >= 4 is 17.4 Å². The zero-order valence-corrected chi connectivity index (χ0v) is 14.6. The Kier molecular flexibility index (Phi) is 4.04. The van der Waals surface area contributed by atoms with Crippen molar-refractivity contribution in [1.82, 2.24) is 0 Å². The monoisotopic (exact) mass is 362 g/mol. The van der Waals surface area contributed by atoms with E-state index in [1.807, 2.05) is 35.2 Å². The van der Waals surface area contributed by atoms with Gasteiger partial charge in [0.15, 0.2) is 6.17 Å². The summed E-state index contributed by atoms with van der Waals surface area (Å²) < 4.78 is 10.7. The fourth-order valence-electron chi connectivity index (χ4n) is 3.13. The fourth-order valence-corrected chi connectivity index (χ4v) is 3.13. The van der Waals surface area contributed by atoms with Crippen LogP contribution in [0.5, 0.6) is 5.75 Å². The predicted octanol–water partition coefficient (Wildman–Crippen LogP) is 1.25. The first-order chi connectivity index (χ1) is 13.1. The van der Waals surface area contributed by atoms with Gasteiger partial charge in [0.05, 0.1) is 18.6 Å². The number of methoxy groups -OCH3 is 1. The van der Waals surface area contributed by atoms with E-state index in [-0.39, 0.29) is 0 Å². The molecule has 1 atom stereocenters. The lowest BCUT2D eigenvalue weighted by molar-refractivity contribution is 0.1000. The van der Waals surface area contributed by atoms with Crippen molar-refractivity contribution in [3.05, 3.63) is 82.8 Å². The number of carbonyl (C=O) groups is 1. The van der Waals surface area contributed by atoms with Crippen molar-refractivity contribution in [2.24, 2.45) is 16.5 Å². The lowest BCUT2D eigenvalue weighted by Gasteiger charge is -2.33. The molecular formula is C20H18N4O3. The Balaban J connectivity index is 1.89. The zero-order chi connectivity index (χ0) is 19.0. The molecule has 0 fully saturated rings. The highest BCUT2D eigenvalue weighted by Gasteiger charge is 2.27. The van der Waals surface area contributed by atoms with Gasteiger partial charge in [0, 0.05) is 11.3 Å². The standard InChI is InChI=1S/C20H18N4O3/c1-26-15-7-5-14(6-8-15)24-17(21)16-9-10-27-20(16)23-19(24)13-4-2-3-12(11-13)18(22)25/h2-11,19H,21H2,1H3,(H2,22,25). The van der Waals surface area contributed by atoms with Crippen LogP contribution < -0.4 is 31.9 Å². The Morgan fingerprint density at radius 1 is 1.19 bits per heavy atom. The molecule has 1 unspecified atom stereocenters. The van der Waals surface area contributed by atoms with E-state index in [1.54, 1.807) is 37.6 Å². The molecular weight excluding hydrogens is 344 g/mol. The number of nitrogens with two attached hydrogens (primary N) is 2. The summed E-state index contributed by atoms with van der Waals surface area (Å²) in [5.41, 5.74) is 14.4. The smallest absolute Gasteiger partial charge is 0.248 e. The van der Waals surface area contributed by atoms with Gasteiger partial charge in [0.1, 0.15) is 11.6 Å². The molecule has 1 amide bonds. The fraction of sp³-hybridized carbons (Fsp3) is 0.100. The molecule has 0 radical (unpaired) electrons. The number of nitrogens with zero attached hydrogens (tertiary/aromatic N) is 2. The number of ether oxygens (including phenoxy) is 1. The molecule has 1 aliphatic rings. The lowest BCUT2D eigenvalue weighted by Crippen LogP contribution is -2.43. The van der Waals surface area contributed by atoms with Gasteiger partial charge in [-0.2, -0.15) is 0 Å². The van der Waals surface area contributed by atoms with Gasteiger partial charge in [-0.1, -0.05) is 12.1 Å². The van der Waals surface area contributed by atoms with Crippen LogP contribution in [0.15, 0.2) is 70.3 Å². The van der Waals surface area contributed by atoms with E-state index in [0.717, 1.165) is 17.0 Å². The van der Waals surface area contributed by atoms with Crippen molar-refractivity contribution < 1.29 is 13.9 Å². The number of amides is 1. The summed E-state index contributed by atoms with van der Waals surface area (Å²) in [6.07, 6.45) is 1.05. The molecule has 2 aromatic carbocycles. The molecule has 0 spiro atoms. The largest absolute Gasteiger partial charge is 0.497 e. The average molecular weight is 362 g/mol. The normalized spacial score (nSPS) is 15.8. The van der Waals surface area contributed by atoms with Crippen molar-refractivity contribution in [3.8, 4) is 5.75 Å². The molecule has 0 bridgehead atoms. The topological polar surface area (TPSA) is 107 Å². The zero-order valence-electron chi connectivity index (χ0n) is 14.6. The molecule has 0 aliphatic carbocycles. The van der Waals surface area contributed by atoms with E-state index >= 15 is 0 Å². The van der Waals surface area contributed by atoms with Crippen molar-refractivity contribution in [3.63, 3.8) is 0 Å². The maximum absolute atomic E-state index is 11.6. The Morgan fingerprint density at radius 2 is 1.96 bits per heavy atom. The number of hydrogen-bond acceptors (Lipinski definition) is 6. The molecule has 4 rings (SSSR count). The van der Waals surface area contributed by atoms with Crippen LogP contribution in [0.25, 0.3) is 5.82 Å². The van der Waals surface area contributed by atoms with E-state index in [1.165, 1.54) is 0 Å². The highest BCUT2D eigenvalue weighted by molar-refractivity contribution is 5.93. The second-order valence-corrected chi connectivity index (χ2v) is 6.09. The van der Waals surface area contributed by atoms with Gasteiger partial charge in [-0.25, -0.2) is 4.99 Å². The Morgan fingerprint density at radius 3 is 2.67 bits per heavy atom. The molecule has 1 aliphatic heterocycles. The van der Waals surface area contributed by atoms with Crippen LogP contribution in [-0.2, 0) is 0 Å². The van der Waals surface area contributed by atoms with Gasteiger partial charge in [-0.3, -0.25) is 4.79 Å². The minimum absolute atomic E-state index is 0.404. The average Bonchev–Trinajstić information content (AvgIpc) is 3.17. The maximum Gasteiger partial charge on any atom is 0.248 e. The number of fused-ring (bicyclic) bond motifs is 1. The number of benzene rings is 2. The number of hydrogen-bond donors (Lipinski definition) is 2. The summed E-state index contributed by atoms with van der Waals surface area (Å²) in [5.74, 6) is 0.746. The first kappa shape index (κ1) is 16.7. The maximum atomic E-state index is 11.6. The minimum Gasteiger partial charge on any atom is -0.497 e. The molecule has 1 aromatic heterocycles. The number of anilines is 1. The van der Waals surface area contributed by atoms with Crippen LogP contribution in [0.4, 0.5) is 5.69 Å². The number of primary amides is 1. The number of furan rings is 1. The van der Waals surface area contributed by atoms with Gasteiger partial charge in [0.2, 0.25) is 11.5 Å². The van der Waals surface area contributed by atoms with E-state index in [9.17, 15) is 4.79 Å². The second kappa shape index (κ2) is 6.53. The first-order valence-corrected chi connectivity index (χ1v) is 8.32. The summed E-state index contributed by atoms with van der Waals surface area (Å²) in [5, 5.41) is 0.716. The number of rotatable bonds is 4. The van der Waals surface area contributed by atoms with Crippen LogP contribution >= 0.6 is 0 Å². The van der Waals surface area contributed by atoms with Crippen LogP contribution in [0.3, 0.4) is 0 Å². The van der Waals surface area contributed by atoms with Crippen LogP contribution in [0.2, 0.25) is 0 Å². The highest BCUT2D eigenvalue weighted by Crippen LogP contribution is 2.33. The molecule has 4 N–H and O–H groups in total. The van der Waals surface area contributed by atoms with Crippen molar-refractivity contribution in [2.45, 2.75) is 6.17 Å². The van der Waals surface area contributed by atoms with Gasteiger partial charge in [-0.15, -0.1) is 0 Å². The van der Waals surface area contributed by atoms with Crippen LogP contribution in [-0.4, -0.2) is 13.0 Å². The Hall–Kier alpha value is -3.74. The molecule has 7 heteroatoms. The van der Waals surface area contributed by atoms with Gasteiger partial charge in [0.25, 0.3) is 0 Å². The summed E-state index contributed by atoms with van der Waals surface area (Å²) >= 11 is 0. The second-order valence-electron chi connectivity index (χ2n) is 6.09.